The van der Waals surface area contributed by atoms with E-state index >= 15 is 0 Å². The molecule has 1 nitrogen and oxygen atoms in total. The number of allylic oxidation sites excluding steroid dienone is 9. The Balaban J connectivity index is -0.000000190. The van der Waals surface area contributed by atoms with Crippen molar-refractivity contribution in [2.75, 3.05) is 19.9 Å². The molecule has 1 aliphatic rings. The molecule has 1 rings (SSSR count). The monoisotopic (exact) mass is 505 g/mol. The molecule has 0 aromatic heterocycles. The average Bonchev–Trinajstić information content (AvgIpc) is 3.42. The lowest BCUT2D eigenvalue weighted by Crippen LogP contribution is -2.02. The van der Waals surface area contributed by atoms with Gasteiger partial charge in [-0.2, -0.15) is 0 Å². The van der Waals surface area contributed by atoms with Crippen molar-refractivity contribution < 1.29 is 0 Å². The highest BCUT2D eigenvalue weighted by Crippen LogP contribution is 2.46. The summed E-state index contributed by atoms with van der Waals surface area (Å²) in [5.74, 6) is 0.913. The molecule has 0 saturated heterocycles. The lowest BCUT2D eigenvalue weighted by molar-refractivity contribution is 0.628. The van der Waals surface area contributed by atoms with E-state index in [-0.39, 0.29) is 0 Å². The van der Waals surface area contributed by atoms with E-state index in [1.54, 1.807) is 18.9 Å². The van der Waals surface area contributed by atoms with Crippen LogP contribution in [-0.2, 0) is 0 Å². The third kappa shape index (κ3) is 32.8. The molecular formula is C33H64NP. The van der Waals surface area contributed by atoms with Gasteiger partial charge in [0.15, 0.2) is 0 Å². The highest BCUT2D eigenvalue weighted by atomic mass is 31.1. The van der Waals surface area contributed by atoms with Crippen LogP contribution in [0.25, 0.3) is 0 Å². The molecule has 0 spiro atoms. The van der Waals surface area contributed by atoms with Gasteiger partial charge in [0.05, 0.1) is 0 Å². The average molecular weight is 506 g/mol. The van der Waals surface area contributed by atoms with E-state index in [1.165, 1.54) is 43.6 Å². The van der Waals surface area contributed by atoms with Gasteiger partial charge in [-0.1, -0.05) is 114 Å². The lowest BCUT2D eigenvalue weighted by Gasteiger charge is -2.20. The third-order valence-corrected chi connectivity index (χ3v) is 8.45. The zero-order valence-electron chi connectivity index (χ0n) is 25.6. The SMILES string of the molecule is C=C(C)/C(C)=C/C.C=C/C=C\C(=C/CC)CC.C=CCC.CC(C)CCP(C)C1CCCC1.CN. The van der Waals surface area contributed by atoms with Gasteiger partial charge in [-0.25, -0.2) is 0 Å². The van der Waals surface area contributed by atoms with Crippen LogP contribution in [0.3, 0.4) is 0 Å². The van der Waals surface area contributed by atoms with Crippen molar-refractivity contribution in [2.45, 2.75) is 112 Å². The second-order valence-corrected chi connectivity index (χ2v) is 11.9. The van der Waals surface area contributed by atoms with E-state index in [9.17, 15) is 0 Å². The van der Waals surface area contributed by atoms with Crippen LogP contribution >= 0.6 is 7.92 Å². The standard InChI is InChI=1S/C11H23P.C10H16.C7H12.C4H8.CH5N/c1-10(2)8-9-12(3)11-6-4-5-7-11;1-4-7-9-10(6-3)8-5-2;1-5-7(4)6(2)3;1-3-4-2;1-2/h10-11H,4-9H2,1-3H3;4,7-9H,1,5-6H2,2-3H3;5H,2H2,1,3-4H3;3H,1,4H2,2H3;2H2,1H3/b;9-7-,10-8-;7-5+;;. The Morgan fingerprint density at radius 3 is 1.83 bits per heavy atom. The first-order valence-corrected chi connectivity index (χ1v) is 15.8. The summed E-state index contributed by atoms with van der Waals surface area (Å²) in [6.07, 6.45) is 24.5. The summed E-state index contributed by atoms with van der Waals surface area (Å²) in [6, 6.07) is 0. The third-order valence-electron chi connectivity index (χ3n) is 5.72. The molecule has 206 valence electrons. The molecule has 0 bridgehead atoms. The first-order chi connectivity index (χ1) is 16.6. The van der Waals surface area contributed by atoms with Crippen LogP contribution in [0, 0.1) is 5.92 Å². The highest BCUT2D eigenvalue weighted by molar-refractivity contribution is 7.57. The van der Waals surface area contributed by atoms with E-state index in [0.29, 0.717) is 7.92 Å². The zero-order valence-corrected chi connectivity index (χ0v) is 26.5. The molecule has 1 saturated carbocycles. The van der Waals surface area contributed by atoms with Gasteiger partial charge >= 0.3 is 0 Å². The van der Waals surface area contributed by atoms with Crippen LogP contribution in [-0.4, -0.2) is 25.5 Å². The van der Waals surface area contributed by atoms with Crippen molar-refractivity contribution in [1.82, 2.24) is 0 Å². The van der Waals surface area contributed by atoms with E-state index in [4.69, 9.17) is 0 Å². The van der Waals surface area contributed by atoms with Crippen LogP contribution in [0.15, 0.2) is 72.9 Å². The van der Waals surface area contributed by atoms with Crippen molar-refractivity contribution in [3.05, 3.63) is 72.9 Å². The number of hydrogen-bond donors (Lipinski definition) is 1. The summed E-state index contributed by atoms with van der Waals surface area (Å²) >= 11 is 0. The van der Waals surface area contributed by atoms with Gasteiger partial charge in [-0.3, -0.25) is 0 Å². The molecule has 0 aromatic carbocycles. The second kappa shape index (κ2) is 32.8. The van der Waals surface area contributed by atoms with Crippen molar-refractivity contribution >= 4 is 7.92 Å². The molecule has 1 aliphatic carbocycles. The highest BCUT2D eigenvalue weighted by Gasteiger charge is 2.20. The van der Waals surface area contributed by atoms with Crippen molar-refractivity contribution in [3.63, 3.8) is 0 Å². The van der Waals surface area contributed by atoms with Gasteiger partial charge in [0.2, 0.25) is 0 Å². The predicted molar refractivity (Wildman–Crippen MR) is 172 cm³/mol. The Kier molecular flexibility index (Phi) is 38.4. The number of nitrogens with two attached hydrogens (primary N) is 1. The fourth-order valence-electron chi connectivity index (χ4n) is 3.02. The molecule has 0 heterocycles. The minimum absolute atomic E-state index is 0.386. The summed E-state index contributed by atoms with van der Waals surface area (Å²) in [7, 11) is 1.89. The predicted octanol–water partition coefficient (Wildman–Crippen LogP) is 11.2. The van der Waals surface area contributed by atoms with Gasteiger partial charge < -0.3 is 5.73 Å². The maximum absolute atomic E-state index is 4.50. The van der Waals surface area contributed by atoms with E-state index in [1.807, 2.05) is 26.0 Å². The molecule has 1 unspecified atom stereocenters. The molecule has 2 N–H and O–H groups in total. The van der Waals surface area contributed by atoms with Gasteiger partial charge in [-0.05, 0) is 90.7 Å². The van der Waals surface area contributed by atoms with E-state index < -0.39 is 0 Å². The minimum Gasteiger partial charge on any atom is -0.333 e. The molecule has 2 heteroatoms. The van der Waals surface area contributed by atoms with Crippen molar-refractivity contribution in [2.24, 2.45) is 11.7 Å². The lowest BCUT2D eigenvalue weighted by atomic mass is 10.1. The summed E-state index contributed by atoms with van der Waals surface area (Å²) in [4.78, 5) is 0. The maximum Gasteiger partial charge on any atom is -0.0195 e. The molecule has 35 heavy (non-hydrogen) atoms. The largest absolute Gasteiger partial charge is 0.333 e. The van der Waals surface area contributed by atoms with Crippen LogP contribution in [0.5, 0.6) is 0 Å². The maximum atomic E-state index is 4.50. The Morgan fingerprint density at radius 2 is 1.54 bits per heavy atom. The number of rotatable bonds is 10. The van der Waals surface area contributed by atoms with E-state index in [2.05, 4.69) is 91.9 Å². The first kappa shape index (κ1) is 41.0. The molecule has 1 fully saturated rings. The van der Waals surface area contributed by atoms with Crippen molar-refractivity contribution in [3.8, 4) is 0 Å². The van der Waals surface area contributed by atoms with Crippen molar-refractivity contribution in [1.29, 1.82) is 0 Å². The van der Waals surface area contributed by atoms with Gasteiger partial charge in [-0.15, -0.1) is 14.5 Å². The molecule has 0 radical (unpaired) electrons. The quantitative estimate of drug-likeness (QED) is 0.178. The van der Waals surface area contributed by atoms with Crippen LogP contribution in [0.2, 0.25) is 0 Å². The van der Waals surface area contributed by atoms with Gasteiger partial charge in [0, 0.05) is 0 Å². The molecule has 0 amide bonds. The molecular weight excluding hydrogens is 441 g/mol. The normalized spacial score (nSPS) is 14.3. The van der Waals surface area contributed by atoms with Crippen LogP contribution < -0.4 is 5.73 Å². The Bertz CT molecular complexity index is 557. The van der Waals surface area contributed by atoms with Crippen LogP contribution in [0.4, 0.5) is 0 Å². The molecule has 0 aromatic rings. The summed E-state index contributed by atoms with van der Waals surface area (Å²) in [5.41, 5.74) is 9.46. The van der Waals surface area contributed by atoms with Crippen LogP contribution in [0.1, 0.15) is 107 Å². The Hall–Kier alpha value is -1.17. The second-order valence-electron chi connectivity index (χ2n) is 9.19. The Labute approximate surface area is 224 Å². The Morgan fingerprint density at radius 1 is 1.03 bits per heavy atom. The summed E-state index contributed by atoms with van der Waals surface area (Å²) < 4.78 is 0. The summed E-state index contributed by atoms with van der Waals surface area (Å²) in [5, 5.41) is 0. The van der Waals surface area contributed by atoms with E-state index in [0.717, 1.165) is 36.4 Å². The minimum atomic E-state index is 0.386. The van der Waals surface area contributed by atoms with Gasteiger partial charge in [0.25, 0.3) is 0 Å². The molecule has 1 atom stereocenters. The molecule has 0 aliphatic heterocycles. The zero-order chi connectivity index (χ0) is 28.1. The number of hydrogen-bond acceptors (Lipinski definition) is 1. The fraction of sp³-hybridized carbons (Fsp3) is 0.636. The van der Waals surface area contributed by atoms with Gasteiger partial charge in [0.1, 0.15) is 0 Å². The smallest absolute Gasteiger partial charge is 0.0195 e. The fourth-order valence-corrected chi connectivity index (χ4v) is 5.56. The topological polar surface area (TPSA) is 26.0 Å². The first-order valence-electron chi connectivity index (χ1n) is 13.8. The summed E-state index contributed by atoms with van der Waals surface area (Å²) in [6.45, 7) is 30.5.